The quantitative estimate of drug-likeness (QED) is 0.254. The first-order valence-electron chi connectivity index (χ1n) is 13.8. The molecule has 1 aromatic heterocycles. The number of aromatic nitrogens is 2. The predicted molar refractivity (Wildman–Crippen MR) is 158 cm³/mol. The maximum Gasteiger partial charge on any atom is 0.316 e. The summed E-state index contributed by atoms with van der Waals surface area (Å²) in [5, 5.41) is 16.6. The molecule has 0 radical (unpaired) electrons. The van der Waals surface area contributed by atoms with E-state index in [1.54, 1.807) is 30.5 Å². The Morgan fingerprint density at radius 3 is 2.56 bits per heavy atom. The highest BCUT2D eigenvalue weighted by Gasteiger charge is 2.39. The van der Waals surface area contributed by atoms with Gasteiger partial charge in [-0.15, -0.1) is 0 Å². The van der Waals surface area contributed by atoms with E-state index in [9.17, 15) is 23.3 Å². The molecular formula is C28H30ClN5O8S. The van der Waals surface area contributed by atoms with Crippen LogP contribution in [0.5, 0.6) is 17.2 Å². The summed E-state index contributed by atoms with van der Waals surface area (Å²) in [6, 6.07) is 9.44. The molecule has 0 amide bonds. The summed E-state index contributed by atoms with van der Waals surface area (Å²) in [6.07, 6.45) is 3.56. The molecule has 0 spiro atoms. The first-order chi connectivity index (χ1) is 20.5. The number of rotatable bonds is 9. The Balaban J connectivity index is 1.24. The van der Waals surface area contributed by atoms with Crippen molar-refractivity contribution in [1.29, 1.82) is 0 Å². The van der Waals surface area contributed by atoms with E-state index in [-0.39, 0.29) is 73.3 Å². The van der Waals surface area contributed by atoms with Crippen molar-refractivity contribution in [3.05, 3.63) is 73.6 Å². The van der Waals surface area contributed by atoms with Crippen LogP contribution in [0.25, 0.3) is 5.69 Å². The highest BCUT2D eigenvalue weighted by Crippen LogP contribution is 2.45. The van der Waals surface area contributed by atoms with Crippen molar-refractivity contribution in [2.75, 3.05) is 50.9 Å². The minimum absolute atomic E-state index is 0.00857. The van der Waals surface area contributed by atoms with Crippen LogP contribution in [0, 0.1) is 15.5 Å². The SMILES string of the molecule is CC1(COc2c(N3CCN(S(=O)(=O)Cc4c([N+](=O)[O-])ccc5c4OCCO5)CC3)cnn(-c3cccc(Cl)c3)c2=O)CC1. The summed E-state index contributed by atoms with van der Waals surface area (Å²) >= 11 is 6.15. The van der Waals surface area contributed by atoms with Crippen molar-refractivity contribution < 1.29 is 27.6 Å². The number of halogens is 1. The van der Waals surface area contributed by atoms with Crippen LogP contribution in [0.1, 0.15) is 25.3 Å². The van der Waals surface area contributed by atoms with Crippen LogP contribution >= 0.6 is 11.6 Å². The molecule has 6 rings (SSSR count). The largest absolute Gasteiger partial charge is 0.486 e. The van der Waals surface area contributed by atoms with E-state index in [0.717, 1.165) is 12.8 Å². The first kappa shape index (κ1) is 29.2. The summed E-state index contributed by atoms with van der Waals surface area (Å²) in [4.78, 5) is 26.6. The first-order valence-corrected chi connectivity index (χ1v) is 15.8. The molecule has 2 fully saturated rings. The zero-order valence-corrected chi connectivity index (χ0v) is 25.0. The van der Waals surface area contributed by atoms with Crippen LogP contribution in [0.4, 0.5) is 11.4 Å². The summed E-state index contributed by atoms with van der Waals surface area (Å²) in [5.74, 6) is -0.109. The van der Waals surface area contributed by atoms with Gasteiger partial charge in [0.2, 0.25) is 15.8 Å². The van der Waals surface area contributed by atoms with Crippen molar-refractivity contribution >= 4 is 33.0 Å². The number of benzene rings is 2. The normalized spacial score (nSPS) is 17.9. The summed E-state index contributed by atoms with van der Waals surface area (Å²) in [7, 11) is -3.98. The zero-order chi connectivity index (χ0) is 30.4. The number of hydrogen-bond donors (Lipinski definition) is 0. The lowest BCUT2D eigenvalue weighted by atomic mass is 10.1. The van der Waals surface area contributed by atoms with Crippen molar-refractivity contribution in [2.24, 2.45) is 5.41 Å². The van der Waals surface area contributed by atoms with Gasteiger partial charge in [0, 0.05) is 42.7 Å². The minimum Gasteiger partial charge on any atom is -0.486 e. The Bertz CT molecular complexity index is 1740. The molecule has 3 aromatic rings. The standard InChI is InChI=1S/C28H30ClN5O8S/c1-28(7-8-28)18-42-26-23(16-30-33(27(26)35)20-4-2-3-19(29)15-20)31-9-11-32(12-10-31)43(38,39)17-21-22(34(36)37)5-6-24-25(21)41-14-13-40-24/h2-6,15-16H,7-14,17-18H2,1H3. The molecule has 13 nitrogen and oxygen atoms in total. The fourth-order valence-electron chi connectivity index (χ4n) is 5.14. The molecule has 1 aliphatic carbocycles. The van der Waals surface area contributed by atoms with Crippen LogP contribution in [0.15, 0.2) is 47.4 Å². The Morgan fingerprint density at radius 1 is 1.12 bits per heavy atom. The fourth-order valence-corrected chi connectivity index (χ4v) is 6.87. The van der Waals surface area contributed by atoms with Crippen LogP contribution in [0.2, 0.25) is 5.02 Å². The van der Waals surface area contributed by atoms with Crippen molar-refractivity contribution in [1.82, 2.24) is 14.1 Å². The molecule has 0 N–H and O–H groups in total. The van der Waals surface area contributed by atoms with Crippen molar-refractivity contribution in [2.45, 2.75) is 25.5 Å². The predicted octanol–water partition coefficient (Wildman–Crippen LogP) is 3.40. The number of fused-ring (bicyclic) bond motifs is 1. The molecule has 2 aliphatic heterocycles. The number of nitro groups is 1. The molecular weight excluding hydrogens is 602 g/mol. The van der Waals surface area contributed by atoms with E-state index in [1.807, 2.05) is 4.90 Å². The topological polar surface area (TPSA) is 146 Å². The van der Waals surface area contributed by atoms with Gasteiger partial charge in [-0.25, -0.2) is 8.42 Å². The van der Waals surface area contributed by atoms with Gasteiger partial charge >= 0.3 is 5.56 Å². The van der Waals surface area contributed by atoms with Gasteiger partial charge in [0.15, 0.2) is 11.5 Å². The lowest BCUT2D eigenvalue weighted by Crippen LogP contribution is -2.49. The van der Waals surface area contributed by atoms with E-state index >= 15 is 0 Å². The second kappa shape index (κ2) is 11.3. The van der Waals surface area contributed by atoms with Crippen LogP contribution < -0.4 is 24.7 Å². The number of nitrogens with zero attached hydrogens (tertiary/aromatic N) is 5. The molecule has 0 unspecified atom stereocenters. The van der Waals surface area contributed by atoms with E-state index in [0.29, 0.717) is 23.0 Å². The number of anilines is 1. The molecule has 15 heteroatoms. The number of sulfonamides is 1. The molecule has 1 saturated carbocycles. The maximum absolute atomic E-state index is 13.6. The molecule has 3 heterocycles. The minimum atomic E-state index is -3.98. The van der Waals surface area contributed by atoms with Crippen LogP contribution in [-0.2, 0) is 15.8 Å². The lowest BCUT2D eigenvalue weighted by Gasteiger charge is -2.36. The van der Waals surface area contributed by atoms with Crippen molar-refractivity contribution in [3.63, 3.8) is 0 Å². The third-order valence-electron chi connectivity index (χ3n) is 7.92. The van der Waals surface area contributed by atoms with Gasteiger partial charge in [0.05, 0.1) is 29.0 Å². The Labute approximate surface area is 252 Å². The number of hydrogen-bond acceptors (Lipinski definition) is 10. The lowest BCUT2D eigenvalue weighted by molar-refractivity contribution is -0.385. The Hall–Kier alpha value is -3.88. The van der Waals surface area contributed by atoms with Gasteiger partial charge in [0.1, 0.15) is 24.7 Å². The fraction of sp³-hybridized carbons (Fsp3) is 0.429. The van der Waals surface area contributed by atoms with E-state index in [2.05, 4.69) is 12.0 Å². The third kappa shape index (κ3) is 5.99. The highest BCUT2D eigenvalue weighted by atomic mass is 35.5. The molecule has 0 atom stereocenters. The van der Waals surface area contributed by atoms with Crippen molar-refractivity contribution in [3.8, 4) is 22.9 Å². The van der Waals surface area contributed by atoms with Gasteiger partial charge in [-0.1, -0.05) is 24.6 Å². The average molecular weight is 632 g/mol. The molecule has 228 valence electrons. The molecule has 1 saturated heterocycles. The van der Waals surface area contributed by atoms with Gasteiger partial charge in [-0.05, 0) is 37.1 Å². The smallest absolute Gasteiger partial charge is 0.316 e. The number of piperazine rings is 1. The monoisotopic (exact) mass is 631 g/mol. The zero-order valence-electron chi connectivity index (χ0n) is 23.4. The second-order valence-electron chi connectivity index (χ2n) is 11.1. The molecule has 2 aromatic carbocycles. The van der Waals surface area contributed by atoms with Gasteiger partial charge in [0.25, 0.3) is 5.69 Å². The number of nitro benzene ring substituents is 1. The van der Waals surface area contributed by atoms with Gasteiger partial charge < -0.3 is 19.1 Å². The van der Waals surface area contributed by atoms with Gasteiger partial charge in [-0.3, -0.25) is 14.9 Å². The van der Waals surface area contributed by atoms with Crippen LogP contribution in [-0.4, -0.2) is 73.4 Å². The highest BCUT2D eigenvalue weighted by molar-refractivity contribution is 7.88. The molecule has 43 heavy (non-hydrogen) atoms. The van der Waals surface area contributed by atoms with Crippen LogP contribution in [0.3, 0.4) is 0 Å². The maximum atomic E-state index is 13.6. The third-order valence-corrected chi connectivity index (χ3v) is 9.96. The summed E-state index contributed by atoms with van der Waals surface area (Å²) in [5.41, 5.74) is 0.153. The Kier molecular flexibility index (Phi) is 7.69. The molecule has 3 aliphatic rings. The number of ether oxygens (including phenoxy) is 3. The Morgan fingerprint density at radius 2 is 1.86 bits per heavy atom. The van der Waals surface area contributed by atoms with Gasteiger partial charge in [-0.2, -0.15) is 14.1 Å². The van der Waals surface area contributed by atoms with E-state index < -0.39 is 26.3 Å². The summed E-state index contributed by atoms with van der Waals surface area (Å²) < 4.78 is 46.8. The molecule has 0 bridgehead atoms. The van der Waals surface area contributed by atoms with E-state index in [1.165, 1.54) is 21.1 Å². The average Bonchev–Trinajstić information content (AvgIpc) is 3.73. The van der Waals surface area contributed by atoms with E-state index in [4.69, 9.17) is 25.8 Å². The second-order valence-corrected chi connectivity index (χ2v) is 13.5. The summed E-state index contributed by atoms with van der Waals surface area (Å²) in [6.45, 7) is 3.59.